The van der Waals surface area contributed by atoms with Gasteiger partial charge in [0.05, 0.1) is 31.8 Å². The molecule has 0 spiro atoms. The lowest BCUT2D eigenvalue weighted by atomic mass is 10.1. The van der Waals surface area contributed by atoms with E-state index < -0.39 is 0 Å². The van der Waals surface area contributed by atoms with Gasteiger partial charge in [0, 0.05) is 23.2 Å². The smallest absolute Gasteiger partial charge is 0.190 e. The topological polar surface area (TPSA) is 51.9 Å². The summed E-state index contributed by atoms with van der Waals surface area (Å²) in [4.78, 5) is 12.6. The Labute approximate surface area is 195 Å². The first-order chi connectivity index (χ1) is 15.6. The molecule has 0 aliphatic carbocycles. The second kappa shape index (κ2) is 11.8. The van der Waals surface area contributed by atoms with Crippen LogP contribution in [-0.4, -0.2) is 48.3 Å². The first-order valence-electron chi connectivity index (χ1n) is 11.2. The second-order valence-electron chi connectivity index (χ2n) is 7.68. The maximum absolute atomic E-state index is 5.69. The zero-order valence-electron chi connectivity index (χ0n) is 19.7. The molecule has 2 heterocycles. The van der Waals surface area contributed by atoms with Crippen molar-refractivity contribution in [2.45, 2.75) is 39.7 Å². The fourth-order valence-electron chi connectivity index (χ4n) is 3.85. The largest absolute Gasteiger partial charge is 0.497 e. The fraction of sp³-hybridized carbons (Fsp3) is 0.440. The van der Waals surface area contributed by atoms with Crippen LogP contribution in [0.25, 0.3) is 11.3 Å². The van der Waals surface area contributed by atoms with Crippen LogP contribution in [0.5, 0.6) is 11.5 Å². The van der Waals surface area contributed by atoms with Crippen molar-refractivity contribution in [3.63, 3.8) is 0 Å². The van der Waals surface area contributed by atoms with Crippen LogP contribution in [0.3, 0.4) is 0 Å². The first kappa shape index (κ1) is 24.0. The maximum Gasteiger partial charge on any atom is 0.190 e. The van der Waals surface area contributed by atoms with E-state index in [-0.39, 0.29) is 6.04 Å². The fourth-order valence-corrected chi connectivity index (χ4v) is 4.86. The molecule has 0 saturated heterocycles. The predicted molar refractivity (Wildman–Crippen MR) is 132 cm³/mol. The molecule has 1 unspecified atom stereocenters. The van der Waals surface area contributed by atoms with Crippen LogP contribution >= 0.6 is 11.3 Å². The van der Waals surface area contributed by atoms with E-state index in [1.807, 2.05) is 30.3 Å². The van der Waals surface area contributed by atoms with Gasteiger partial charge in [-0.2, -0.15) is 0 Å². The van der Waals surface area contributed by atoms with Crippen molar-refractivity contribution < 1.29 is 9.47 Å². The van der Waals surface area contributed by atoms with Gasteiger partial charge < -0.3 is 18.9 Å². The number of benzene rings is 1. The van der Waals surface area contributed by atoms with Crippen molar-refractivity contribution in [2.24, 2.45) is 4.99 Å². The monoisotopic (exact) mass is 454 g/mol. The molecule has 0 fully saturated rings. The molecule has 0 N–H and O–H groups in total. The number of hydrogen-bond acceptors (Lipinski definition) is 6. The average Bonchev–Trinajstić information content (AvgIpc) is 3.25. The number of thiazole rings is 1. The molecule has 1 atom stereocenters. The minimum Gasteiger partial charge on any atom is -0.497 e. The summed E-state index contributed by atoms with van der Waals surface area (Å²) in [5.74, 6) is 1.62. The Morgan fingerprint density at radius 1 is 1.16 bits per heavy atom. The van der Waals surface area contributed by atoms with E-state index in [0.29, 0.717) is 0 Å². The van der Waals surface area contributed by atoms with Crippen molar-refractivity contribution in [3.05, 3.63) is 52.9 Å². The molecule has 1 aromatic carbocycles. The summed E-state index contributed by atoms with van der Waals surface area (Å²) >= 11 is 1.64. The zero-order chi connectivity index (χ0) is 22.9. The summed E-state index contributed by atoms with van der Waals surface area (Å²) in [6.45, 7) is 9.99. The van der Waals surface area contributed by atoms with Gasteiger partial charge in [0.1, 0.15) is 11.5 Å². The molecule has 2 aromatic heterocycles. The minimum atomic E-state index is 0.276. The highest BCUT2D eigenvalue weighted by molar-refractivity contribution is 7.07. The molecule has 0 aliphatic heterocycles. The van der Waals surface area contributed by atoms with Gasteiger partial charge in [-0.05, 0) is 69.7 Å². The molecule has 172 valence electrons. The van der Waals surface area contributed by atoms with E-state index in [2.05, 4.69) is 40.6 Å². The molecular weight excluding hydrogens is 420 g/mol. The second-order valence-corrected chi connectivity index (χ2v) is 8.52. The maximum atomic E-state index is 5.69. The van der Waals surface area contributed by atoms with Crippen LogP contribution < -0.4 is 14.3 Å². The van der Waals surface area contributed by atoms with Crippen LogP contribution in [0.4, 0.5) is 5.69 Å². The van der Waals surface area contributed by atoms with E-state index in [4.69, 9.17) is 14.5 Å². The van der Waals surface area contributed by atoms with E-state index in [1.54, 1.807) is 38.0 Å². The van der Waals surface area contributed by atoms with Gasteiger partial charge in [-0.15, -0.1) is 11.3 Å². The molecule has 6 nitrogen and oxygen atoms in total. The van der Waals surface area contributed by atoms with Gasteiger partial charge in [-0.1, -0.05) is 13.8 Å². The van der Waals surface area contributed by atoms with E-state index in [1.165, 1.54) is 0 Å². The zero-order valence-corrected chi connectivity index (χ0v) is 20.6. The van der Waals surface area contributed by atoms with Gasteiger partial charge in [0.15, 0.2) is 4.80 Å². The summed E-state index contributed by atoms with van der Waals surface area (Å²) in [5.41, 5.74) is 2.94. The van der Waals surface area contributed by atoms with Crippen molar-refractivity contribution >= 4 is 17.0 Å². The third-order valence-corrected chi connectivity index (χ3v) is 6.57. The average molecular weight is 455 g/mol. The molecular formula is C25H34N4O2S. The third-order valence-electron chi connectivity index (χ3n) is 5.73. The predicted octanol–water partition coefficient (Wildman–Crippen LogP) is 5.54. The first-order valence-corrected chi connectivity index (χ1v) is 12.1. The Morgan fingerprint density at radius 3 is 2.62 bits per heavy atom. The molecule has 0 saturated carbocycles. The normalized spacial score (nSPS) is 12.9. The van der Waals surface area contributed by atoms with Gasteiger partial charge in [0.2, 0.25) is 0 Å². The van der Waals surface area contributed by atoms with E-state index in [0.717, 1.165) is 65.7 Å². The van der Waals surface area contributed by atoms with Gasteiger partial charge in [0.25, 0.3) is 0 Å². The summed E-state index contributed by atoms with van der Waals surface area (Å²) < 4.78 is 13.5. The summed E-state index contributed by atoms with van der Waals surface area (Å²) in [7, 11) is 3.39. The quantitative estimate of drug-likeness (QED) is 0.381. The highest BCUT2D eigenvalue weighted by Crippen LogP contribution is 2.35. The standard InChI is InChI=1S/C25H34N4O2S/c1-6-28(7-2)15-9-10-19(3)29-23(22-16-21(30-4)12-13-24(22)31-5)18-32-25(29)27-20-11-8-14-26-17-20/h8,11-14,16-19H,6-7,9-10,15H2,1-5H3. The number of nitrogens with zero attached hydrogens (tertiary/aromatic N) is 4. The Morgan fingerprint density at radius 2 is 1.97 bits per heavy atom. The van der Waals surface area contributed by atoms with Gasteiger partial charge >= 0.3 is 0 Å². The SMILES string of the molecule is CCN(CC)CCCC(C)n1c(-c2cc(OC)ccc2OC)csc1=Nc1cccnc1. The number of aromatic nitrogens is 2. The third kappa shape index (κ3) is 5.78. The molecule has 0 bridgehead atoms. The van der Waals surface area contributed by atoms with E-state index in [9.17, 15) is 0 Å². The van der Waals surface area contributed by atoms with Crippen molar-refractivity contribution in [1.82, 2.24) is 14.5 Å². The highest BCUT2D eigenvalue weighted by Gasteiger charge is 2.18. The van der Waals surface area contributed by atoms with Gasteiger partial charge in [-0.3, -0.25) is 4.98 Å². The molecule has 3 aromatic rings. The van der Waals surface area contributed by atoms with Crippen LogP contribution in [0.2, 0.25) is 0 Å². The summed E-state index contributed by atoms with van der Waals surface area (Å²) in [6, 6.07) is 10.1. The van der Waals surface area contributed by atoms with Crippen LogP contribution in [0.15, 0.2) is 53.1 Å². The van der Waals surface area contributed by atoms with Crippen LogP contribution in [0.1, 0.15) is 39.7 Å². The number of pyridine rings is 1. The molecule has 0 radical (unpaired) electrons. The molecule has 32 heavy (non-hydrogen) atoms. The van der Waals surface area contributed by atoms with Crippen LogP contribution in [-0.2, 0) is 0 Å². The summed E-state index contributed by atoms with van der Waals surface area (Å²) in [5, 5.41) is 2.16. The minimum absolute atomic E-state index is 0.276. The Balaban J connectivity index is 2.04. The molecule has 3 rings (SSSR count). The lowest BCUT2D eigenvalue weighted by molar-refractivity contribution is 0.288. The summed E-state index contributed by atoms with van der Waals surface area (Å²) in [6.07, 6.45) is 5.75. The Bertz CT molecular complexity index is 1040. The van der Waals surface area contributed by atoms with Crippen LogP contribution in [0, 0.1) is 0 Å². The number of hydrogen-bond donors (Lipinski definition) is 0. The Kier molecular flexibility index (Phi) is 8.88. The Hall–Kier alpha value is -2.64. The van der Waals surface area contributed by atoms with Crippen molar-refractivity contribution in [3.8, 4) is 22.8 Å². The number of ether oxygens (including phenoxy) is 2. The lowest BCUT2D eigenvalue weighted by Gasteiger charge is -2.22. The van der Waals surface area contributed by atoms with Crippen molar-refractivity contribution in [2.75, 3.05) is 33.9 Å². The highest BCUT2D eigenvalue weighted by atomic mass is 32.1. The van der Waals surface area contributed by atoms with Crippen molar-refractivity contribution in [1.29, 1.82) is 0 Å². The number of rotatable bonds is 11. The van der Waals surface area contributed by atoms with E-state index >= 15 is 0 Å². The lowest BCUT2D eigenvalue weighted by Crippen LogP contribution is -2.25. The molecule has 0 aliphatic rings. The molecule has 7 heteroatoms. The number of methoxy groups -OCH3 is 2. The van der Waals surface area contributed by atoms with Gasteiger partial charge in [-0.25, -0.2) is 4.99 Å². The molecule has 0 amide bonds.